The molecular formula is C17H20ClFN2. The molecule has 0 aliphatic heterocycles. The molecule has 0 saturated heterocycles. The van der Waals surface area contributed by atoms with Crippen molar-refractivity contribution in [3.63, 3.8) is 0 Å². The highest BCUT2D eigenvalue weighted by Crippen LogP contribution is 2.33. The molecule has 0 aliphatic rings. The summed E-state index contributed by atoms with van der Waals surface area (Å²) >= 11 is 6.35. The maximum atomic E-state index is 13.9. The largest absolute Gasteiger partial charge is 0.367 e. The Bertz CT molecular complexity index is 628. The van der Waals surface area contributed by atoms with Crippen molar-refractivity contribution in [2.75, 3.05) is 11.9 Å². The van der Waals surface area contributed by atoms with Gasteiger partial charge in [-0.2, -0.15) is 0 Å². The molecule has 0 amide bonds. The maximum absolute atomic E-state index is 13.9. The van der Waals surface area contributed by atoms with E-state index in [0.717, 1.165) is 11.3 Å². The van der Waals surface area contributed by atoms with Crippen LogP contribution in [-0.4, -0.2) is 7.05 Å². The molecule has 2 rings (SSSR count). The van der Waals surface area contributed by atoms with E-state index in [1.54, 1.807) is 12.1 Å². The van der Waals surface area contributed by atoms with Gasteiger partial charge in [-0.05, 0) is 37.6 Å². The van der Waals surface area contributed by atoms with E-state index < -0.39 is 0 Å². The molecule has 2 aromatic carbocycles. The Labute approximate surface area is 130 Å². The quantitative estimate of drug-likeness (QED) is 0.887. The summed E-state index contributed by atoms with van der Waals surface area (Å²) in [6.45, 7) is 3.87. The molecule has 0 aliphatic carbocycles. The molecule has 2 nitrogen and oxygen atoms in total. The fourth-order valence-corrected chi connectivity index (χ4v) is 2.65. The van der Waals surface area contributed by atoms with Gasteiger partial charge in [0.05, 0.1) is 16.8 Å². The Balaban J connectivity index is 2.32. The third-order valence-electron chi connectivity index (χ3n) is 3.81. The van der Waals surface area contributed by atoms with Gasteiger partial charge in [0.2, 0.25) is 0 Å². The minimum atomic E-state index is -0.208. The lowest BCUT2D eigenvalue weighted by Crippen LogP contribution is -2.23. The Hall–Kier alpha value is -1.58. The monoisotopic (exact) mass is 306 g/mol. The van der Waals surface area contributed by atoms with Gasteiger partial charge in [0, 0.05) is 18.7 Å². The number of nitrogens with zero attached hydrogens (tertiary/aromatic N) is 1. The molecule has 0 saturated carbocycles. The average molecular weight is 307 g/mol. The van der Waals surface area contributed by atoms with Gasteiger partial charge in [0.1, 0.15) is 5.82 Å². The molecule has 0 aromatic heterocycles. The Morgan fingerprint density at radius 3 is 2.38 bits per heavy atom. The Kier molecular flexibility index (Phi) is 4.86. The molecule has 0 bridgehead atoms. The van der Waals surface area contributed by atoms with Crippen molar-refractivity contribution in [1.29, 1.82) is 0 Å². The van der Waals surface area contributed by atoms with Crippen molar-refractivity contribution in [2.24, 2.45) is 5.73 Å². The summed E-state index contributed by atoms with van der Waals surface area (Å²) in [5.74, 6) is -0.208. The van der Waals surface area contributed by atoms with Crippen LogP contribution in [0.5, 0.6) is 0 Å². The summed E-state index contributed by atoms with van der Waals surface area (Å²) in [5, 5.41) is 0.621. The van der Waals surface area contributed by atoms with Crippen LogP contribution in [0.15, 0.2) is 42.5 Å². The number of halogens is 2. The predicted molar refractivity (Wildman–Crippen MR) is 87.3 cm³/mol. The van der Waals surface area contributed by atoms with Crippen LogP contribution >= 0.6 is 11.6 Å². The molecule has 2 N–H and O–H groups in total. The zero-order valence-electron chi connectivity index (χ0n) is 12.5. The molecule has 0 heterocycles. The first kappa shape index (κ1) is 15.8. The summed E-state index contributed by atoms with van der Waals surface area (Å²) in [6.07, 6.45) is 0. The SMILES string of the molecule is CC(N)c1ccc(N(C)C(C)c2ccccc2F)c(Cl)c1. The van der Waals surface area contributed by atoms with Crippen molar-refractivity contribution in [2.45, 2.75) is 25.9 Å². The summed E-state index contributed by atoms with van der Waals surface area (Å²) in [4.78, 5) is 1.96. The lowest BCUT2D eigenvalue weighted by Gasteiger charge is -2.29. The van der Waals surface area contributed by atoms with Crippen LogP contribution in [0.4, 0.5) is 10.1 Å². The number of anilines is 1. The van der Waals surface area contributed by atoms with Gasteiger partial charge in [0.15, 0.2) is 0 Å². The Morgan fingerprint density at radius 1 is 1.14 bits per heavy atom. The topological polar surface area (TPSA) is 29.3 Å². The van der Waals surface area contributed by atoms with E-state index in [2.05, 4.69) is 0 Å². The number of rotatable bonds is 4. The molecule has 0 radical (unpaired) electrons. The highest BCUT2D eigenvalue weighted by molar-refractivity contribution is 6.33. The van der Waals surface area contributed by atoms with Crippen LogP contribution < -0.4 is 10.6 Å². The van der Waals surface area contributed by atoms with E-state index in [-0.39, 0.29) is 17.9 Å². The van der Waals surface area contributed by atoms with Crippen LogP contribution in [-0.2, 0) is 0 Å². The van der Waals surface area contributed by atoms with Crippen LogP contribution in [0.1, 0.15) is 37.1 Å². The normalized spacial score (nSPS) is 13.8. The van der Waals surface area contributed by atoms with Gasteiger partial charge in [-0.15, -0.1) is 0 Å². The van der Waals surface area contributed by atoms with Gasteiger partial charge in [-0.1, -0.05) is 35.9 Å². The van der Waals surface area contributed by atoms with Gasteiger partial charge in [0.25, 0.3) is 0 Å². The third-order valence-corrected chi connectivity index (χ3v) is 4.12. The van der Waals surface area contributed by atoms with Gasteiger partial charge in [-0.3, -0.25) is 0 Å². The van der Waals surface area contributed by atoms with Crippen LogP contribution in [0.2, 0.25) is 5.02 Å². The average Bonchev–Trinajstić information content (AvgIpc) is 2.46. The lowest BCUT2D eigenvalue weighted by atomic mass is 10.0. The van der Waals surface area contributed by atoms with Crippen LogP contribution in [0.3, 0.4) is 0 Å². The van der Waals surface area contributed by atoms with E-state index in [1.807, 2.05) is 50.1 Å². The van der Waals surface area contributed by atoms with Crippen molar-refractivity contribution in [1.82, 2.24) is 0 Å². The fraction of sp³-hybridized carbons (Fsp3) is 0.294. The van der Waals surface area contributed by atoms with E-state index in [1.165, 1.54) is 6.07 Å². The molecule has 2 unspecified atom stereocenters. The van der Waals surface area contributed by atoms with Gasteiger partial charge < -0.3 is 10.6 Å². The summed E-state index contributed by atoms with van der Waals surface area (Å²) in [6, 6.07) is 12.4. The summed E-state index contributed by atoms with van der Waals surface area (Å²) < 4.78 is 13.9. The second-order valence-electron chi connectivity index (χ2n) is 5.31. The summed E-state index contributed by atoms with van der Waals surface area (Å²) in [7, 11) is 1.91. The van der Waals surface area contributed by atoms with Crippen molar-refractivity contribution < 1.29 is 4.39 Å². The highest BCUT2D eigenvalue weighted by atomic mass is 35.5. The molecule has 112 valence electrons. The lowest BCUT2D eigenvalue weighted by molar-refractivity contribution is 0.585. The van der Waals surface area contributed by atoms with Crippen molar-refractivity contribution in [3.8, 4) is 0 Å². The van der Waals surface area contributed by atoms with E-state index in [9.17, 15) is 4.39 Å². The molecule has 2 aromatic rings. The standard InChI is InChI=1S/C17H20ClFN2/c1-11(20)13-8-9-17(15(18)10-13)21(3)12(2)14-6-4-5-7-16(14)19/h4-12H,20H2,1-3H3. The fourth-order valence-electron chi connectivity index (χ4n) is 2.32. The first-order valence-electron chi connectivity index (χ1n) is 6.94. The molecule has 2 atom stereocenters. The van der Waals surface area contributed by atoms with Crippen molar-refractivity contribution >= 4 is 17.3 Å². The smallest absolute Gasteiger partial charge is 0.128 e. The molecule has 21 heavy (non-hydrogen) atoms. The first-order chi connectivity index (χ1) is 9.91. The third kappa shape index (κ3) is 3.36. The molecule has 0 fully saturated rings. The predicted octanol–water partition coefficient (Wildman–Crippen LogP) is 4.70. The van der Waals surface area contributed by atoms with E-state index >= 15 is 0 Å². The highest BCUT2D eigenvalue weighted by Gasteiger charge is 2.18. The van der Waals surface area contributed by atoms with Crippen LogP contribution in [0, 0.1) is 5.82 Å². The second kappa shape index (κ2) is 6.46. The zero-order chi connectivity index (χ0) is 15.6. The number of hydrogen-bond acceptors (Lipinski definition) is 2. The van der Waals surface area contributed by atoms with Crippen LogP contribution in [0.25, 0.3) is 0 Å². The molecule has 4 heteroatoms. The zero-order valence-corrected chi connectivity index (χ0v) is 13.2. The van der Waals surface area contributed by atoms with E-state index in [4.69, 9.17) is 17.3 Å². The number of nitrogens with two attached hydrogens (primary N) is 1. The molecular weight excluding hydrogens is 287 g/mol. The minimum absolute atomic E-state index is 0.0640. The number of benzene rings is 2. The Morgan fingerprint density at radius 2 is 1.81 bits per heavy atom. The van der Waals surface area contributed by atoms with Crippen molar-refractivity contribution in [3.05, 3.63) is 64.4 Å². The summed E-state index contributed by atoms with van der Waals surface area (Å²) in [5.41, 5.74) is 8.34. The van der Waals surface area contributed by atoms with Gasteiger partial charge >= 0.3 is 0 Å². The molecule has 0 spiro atoms. The number of hydrogen-bond donors (Lipinski definition) is 1. The second-order valence-corrected chi connectivity index (χ2v) is 5.72. The first-order valence-corrected chi connectivity index (χ1v) is 7.32. The van der Waals surface area contributed by atoms with Gasteiger partial charge in [-0.25, -0.2) is 4.39 Å². The maximum Gasteiger partial charge on any atom is 0.128 e. The van der Waals surface area contributed by atoms with E-state index in [0.29, 0.717) is 10.6 Å². The minimum Gasteiger partial charge on any atom is -0.367 e.